The van der Waals surface area contributed by atoms with Crippen molar-refractivity contribution in [3.8, 4) is 11.5 Å². The molecule has 3 aromatic rings. The number of carbonyl (C=O) groups is 2. The summed E-state index contributed by atoms with van der Waals surface area (Å²) in [4.78, 5) is 30.9. The van der Waals surface area contributed by atoms with Gasteiger partial charge in [-0.25, -0.2) is 4.39 Å². The van der Waals surface area contributed by atoms with Gasteiger partial charge in [0.15, 0.2) is 11.5 Å². The molecule has 1 saturated heterocycles. The maximum Gasteiger partial charge on any atom is 0.293 e. The topological polar surface area (TPSA) is 68.7 Å². The smallest absolute Gasteiger partial charge is 0.293 e. The number of thioether (sulfide) groups is 1. The molecule has 0 N–H and O–H groups in total. The van der Waals surface area contributed by atoms with Crippen molar-refractivity contribution in [2.75, 3.05) is 7.11 Å². The minimum Gasteiger partial charge on any atom is -0.493 e. The van der Waals surface area contributed by atoms with Gasteiger partial charge < -0.3 is 9.47 Å². The highest BCUT2D eigenvalue weighted by Crippen LogP contribution is 2.40. The van der Waals surface area contributed by atoms with Crippen molar-refractivity contribution in [3.05, 3.63) is 91.8 Å². The van der Waals surface area contributed by atoms with Crippen LogP contribution in [-0.4, -0.2) is 28.1 Å². The summed E-state index contributed by atoms with van der Waals surface area (Å²) in [7, 11) is 1.51. The maximum absolute atomic E-state index is 13.3. The zero-order valence-corrected chi connectivity index (χ0v) is 20.9. The van der Waals surface area contributed by atoms with E-state index in [4.69, 9.17) is 21.1 Å². The normalized spacial score (nSPS) is 14.7. The lowest BCUT2D eigenvalue weighted by atomic mass is 10.1. The molecule has 2 heterocycles. The van der Waals surface area contributed by atoms with Crippen LogP contribution in [0.4, 0.5) is 9.18 Å². The van der Waals surface area contributed by atoms with E-state index in [1.54, 1.807) is 24.4 Å². The highest BCUT2D eigenvalue weighted by atomic mass is 79.9. The molecule has 2 aromatic carbocycles. The summed E-state index contributed by atoms with van der Waals surface area (Å²) >= 11 is 10.4. The molecule has 1 aliphatic rings. The van der Waals surface area contributed by atoms with Crippen LogP contribution in [0.25, 0.3) is 6.08 Å². The Kier molecular flexibility index (Phi) is 7.55. The van der Waals surface area contributed by atoms with Crippen LogP contribution in [-0.2, 0) is 17.9 Å². The van der Waals surface area contributed by atoms with Gasteiger partial charge in [-0.15, -0.1) is 0 Å². The van der Waals surface area contributed by atoms with E-state index in [1.807, 2.05) is 18.2 Å². The van der Waals surface area contributed by atoms with Crippen molar-refractivity contribution in [3.63, 3.8) is 0 Å². The second kappa shape index (κ2) is 10.6. The molecule has 4 rings (SSSR count). The van der Waals surface area contributed by atoms with E-state index >= 15 is 0 Å². The Hall–Kier alpha value is -2.88. The number of hydrogen-bond acceptors (Lipinski definition) is 6. The monoisotopic (exact) mass is 562 g/mol. The number of imide groups is 1. The van der Waals surface area contributed by atoms with Crippen molar-refractivity contribution >= 4 is 56.5 Å². The lowest BCUT2D eigenvalue weighted by Gasteiger charge is -2.14. The number of pyridine rings is 1. The van der Waals surface area contributed by atoms with Gasteiger partial charge in [0, 0.05) is 11.2 Å². The predicted molar refractivity (Wildman–Crippen MR) is 132 cm³/mol. The fourth-order valence-electron chi connectivity index (χ4n) is 3.20. The molecule has 1 aromatic heterocycles. The number of nitrogens with zero attached hydrogens (tertiary/aromatic N) is 2. The molecule has 6 nitrogen and oxygen atoms in total. The maximum atomic E-state index is 13.3. The first-order valence-electron chi connectivity index (χ1n) is 9.95. The zero-order chi connectivity index (χ0) is 24.2. The number of halogens is 3. The summed E-state index contributed by atoms with van der Waals surface area (Å²) in [5.74, 6) is -0.00559. The van der Waals surface area contributed by atoms with Crippen LogP contribution in [0.1, 0.15) is 16.8 Å². The molecule has 0 bridgehead atoms. The van der Waals surface area contributed by atoms with Gasteiger partial charge in [-0.2, -0.15) is 0 Å². The van der Waals surface area contributed by atoms with E-state index < -0.39 is 17.0 Å². The summed E-state index contributed by atoms with van der Waals surface area (Å²) in [6.45, 7) is 0.203. The summed E-state index contributed by atoms with van der Waals surface area (Å²) < 4.78 is 25.3. The zero-order valence-electron chi connectivity index (χ0n) is 17.8. The summed E-state index contributed by atoms with van der Waals surface area (Å²) in [5.41, 5.74) is 1.88. The average molecular weight is 564 g/mol. The van der Waals surface area contributed by atoms with Crippen LogP contribution in [0.2, 0.25) is 5.02 Å². The molecule has 2 amide bonds. The van der Waals surface area contributed by atoms with E-state index in [2.05, 4.69) is 20.9 Å². The van der Waals surface area contributed by atoms with Gasteiger partial charge in [0.05, 0.1) is 28.7 Å². The molecule has 0 spiro atoms. The Morgan fingerprint density at radius 2 is 2.03 bits per heavy atom. The highest BCUT2D eigenvalue weighted by Gasteiger charge is 2.35. The predicted octanol–water partition coefficient (Wildman–Crippen LogP) is 6.46. The minimum atomic E-state index is -0.491. The number of rotatable bonds is 7. The van der Waals surface area contributed by atoms with E-state index in [0.29, 0.717) is 27.1 Å². The Morgan fingerprint density at radius 1 is 1.21 bits per heavy atom. The second-order valence-corrected chi connectivity index (χ2v) is 9.40. The lowest BCUT2D eigenvalue weighted by molar-refractivity contribution is -0.123. The van der Waals surface area contributed by atoms with Crippen LogP contribution in [0.5, 0.6) is 11.5 Å². The molecule has 0 unspecified atom stereocenters. The van der Waals surface area contributed by atoms with Crippen molar-refractivity contribution in [2.24, 2.45) is 0 Å². The third kappa shape index (κ3) is 5.43. The van der Waals surface area contributed by atoms with Gasteiger partial charge in [-0.3, -0.25) is 19.5 Å². The van der Waals surface area contributed by atoms with E-state index in [9.17, 15) is 14.0 Å². The summed E-state index contributed by atoms with van der Waals surface area (Å²) in [6, 6.07) is 12.9. The number of methoxy groups -OCH3 is 1. The van der Waals surface area contributed by atoms with Crippen LogP contribution in [0.3, 0.4) is 0 Å². The lowest BCUT2D eigenvalue weighted by Crippen LogP contribution is -2.27. The number of aromatic nitrogens is 1. The van der Waals surface area contributed by atoms with Crippen molar-refractivity contribution in [1.82, 2.24) is 9.88 Å². The Balaban J connectivity index is 1.54. The number of benzene rings is 2. The molecule has 10 heteroatoms. The first kappa shape index (κ1) is 24.3. The molecule has 34 heavy (non-hydrogen) atoms. The average Bonchev–Trinajstić information content (AvgIpc) is 3.07. The van der Waals surface area contributed by atoms with Crippen LogP contribution >= 0.6 is 39.3 Å². The van der Waals surface area contributed by atoms with Crippen LogP contribution < -0.4 is 9.47 Å². The minimum absolute atomic E-state index is 0.0472. The Bertz CT molecular complexity index is 1290. The molecule has 0 radical (unpaired) electrons. The van der Waals surface area contributed by atoms with E-state index in [0.717, 1.165) is 28.4 Å². The molecule has 174 valence electrons. The fourth-order valence-corrected chi connectivity index (χ4v) is 4.84. The van der Waals surface area contributed by atoms with Crippen molar-refractivity contribution < 1.29 is 23.5 Å². The Morgan fingerprint density at radius 3 is 2.74 bits per heavy atom. The van der Waals surface area contributed by atoms with Crippen molar-refractivity contribution in [1.29, 1.82) is 0 Å². The summed E-state index contributed by atoms with van der Waals surface area (Å²) in [5, 5.41) is -0.282. The van der Waals surface area contributed by atoms with Crippen LogP contribution in [0.15, 0.2) is 64.1 Å². The van der Waals surface area contributed by atoms with Gasteiger partial charge in [0.25, 0.3) is 11.1 Å². The number of amides is 2. The summed E-state index contributed by atoms with van der Waals surface area (Å²) in [6.07, 6.45) is 3.29. The quantitative estimate of drug-likeness (QED) is 0.307. The largest absolute Gasteiger partial charge is 0.493 e. The molecular weight excluding hydrogens is 547 g/mol. The first-order chi connectivity index (χ1) is 16.4. The van der Waals surface area contributed by atoms with Crippen LogP contribution in [0, 0.1) is 5.82 Å². The van der Waals surface area contributed by atoms with Gasteiger partial charge in [-0.05, 0) is 81.3 Å². The highest BCUT2D eigenvalue weighted by molar-refractivity contribution is 9.10. The first-order valence-corrected chi connectivity index (χ1v) is 11.9. The number of hydrogen-bond donors (Lipinski definition) is 0. The SMILES string of the molecule is COc1cc(/C=C2/SC(=O)N(Cc3ccc(F)cc3Cl)C2=O)cc(Br)c1OCc1ccccn1. The molecule has 0 atom stereocenters. The fraction of sp³-hybridized carbons (Fsp3) is 0.125. The van der Waals surface area contributed by atoms with Gasteiger partial charge in [0.2, 0.25) is 0 Å². The molecular formula is C24H17BrClFN2O4S. The van der Waals surface area contributed by atoms with E-state index in [-0.39, 0.29) is 23.1 Å². The third-order valence-electron chi connectivity index (χ3n) is 4.86. The standard InChI is InChI=1S/C24H17BrClFN2O4S/c1-32-20-9-14(8-18(25)22(20)33-13-17-4-2-3-7-28-17)10-21-23(30)29(24(31)34-21)12-15-5-6-16(27)11-19(15)26/h2-11H,12-13H2,1H3/b21-10+. The number of ether oxygens (including phenoxy) is 2. The molecule has 1 fully saturated rings. The number of carbonyl (C=O) groups excluding carboxylic acids is 2. The van der Waals surface area contributed by atoms with Crippen molar-refractivity contribution in [2.45, 2.75) is 13.2 Å². The van der Waals surface area contributed by atoms with Gasteiger partial charge in [0.1, 0.15) is 12.4 Å². The van der Waals surface area contributed by atoms with Gasteiger partial charge >= 0.3 is 0 Å². The molecule has 0 saturated carbocycles. The Labute approximate surface area is 212 Å². The molecule has 0 aliphatic carbocycles. The van der Waals surface area contributed by atoms with Gasteiger partial charge in [-0.1, -0.05) is 23.7 Å². The van der Waals surface area contributed by atoms with E-state index in [1.165, 1.54) is 19.2 Å². The molecule has 1 aliphatic heterocycles. The third-order valence-corrected chi connectivity index (χ3v) is 6.71. The second-order valence-electron chi connectivity index (χ2n) is 7.15.